The molecule has 2 amide bonds. The second kappa shape index (κ2) is 6.31. The van der Waals surface area contributed by atoms with E-state index in [0.29, 0.717) is 4.90 Å². The normalized spacial score (nSPS) is 20.8. The number of alkyl halides is 3. The van der Waals surface area contributed by atoms with Crippen LogP contribution in [0.25, 0.3) is 0 Å². The van der Waals surface area contributed by atoms with Gasteiger partial charge in [-0.3, -0.25) is 9.59 Å². The zero-order valence-electron chi connectivity index (χ0n) is 11.6. The Morgan fingerprint density at radius 3 is 2.43 bits per heavy atom. The van der Waals surface area contributed by atoms with Gasteiger partial charge in [0.05, 0.1) is 5.92 Å². The Morgan fingerprint density at radius 1 is 1.43 bits per heavy atom. The summed E-state index contributed by atoms with van der Waals surface area (Å²) in [5.41, 5.74) is 0. The molecule has 2 atom stereocenters. The Kier molecular flexibility index (Phi) is 5.19. The fraction of sp³-hybridized carbons (Fsp3) is 0.750. The smallest absolute Gasteiger partial charge is 0.406 e. The lowest BCUT2D eigenvalue weighted by Crippen LogP contribution is -2.47. The Balaban J connectivity index is 2.65. The molecular formula is C12H17F3N2O4. The van der Waals surface area contributed by atoms with Crippen molar-refractivity contribution in [3.05, 3.63) is 0 Å². The summed E-state index contributed by atoms with van der Waals surface area (Å²) in [5.74, 6) is -4.04. The van der Waals surface area contributed by atoms with Crippen molar-refractivity contribution in [1.29, 1.82) is 0 Å². The largest absolute Gasteiger partial charge is 0.480 e. The van der Waals surface area contributed by atoms with Crippen LogP contribution in [-0.4, -0.2) is 53.1 Å². The number of aliphatic carboxylic acids is 1. The maximum absolute atomic E-state index is 12.3. The van der Waals surface area contributed by atoms with E-state index in [4.69, 9.17) is 5.11 Å². The minimum absolute atomic E-state index is 0.341. The summed E-state index contributed by atoms with van der Waals surface area (Å²) >= 11 is 0. The highest BCUT2D eigenvalue weighted by Crippen LogP contribution is 2.24. The van der Waals surface area contributed by atoms with E-state index in [2.05, 4.69) is 5.32 Å². The molecule has 0 aromatic heterocycles. The van der Waals surface area contributed by atoms with Gasteiger partial charge in [0, 0.05) is 13.0 Å². The average Bonchev–Trinajstić information content (AvgIpc) is 2.64. The highest BCUT2D eigenvalue weighted by Gasteiger charge is 2.41. The van der Waals surface area contributed by atoms with Crippen LogP contribution < -0.4 is 5.32 Å². The molecule has 0 aliphatic carbocycles. The van der Waals surface area contributed by atoms with E-state index in [1.54, 1.807) is 13.8 Å². The lowest BCUT2D eigenvalue weighted by Gasteiger charge is -2.21. The van der Waals surface area contributed by atoms with Crippen LogP contribution in [0.15, 0.2) is 0 Å². The van der Waals surface area contributed by atoms with E-state index in [9.17, 15) is 27.6 Å². The molecule has 1 heterocycles. The monoisotopic (exact) mass is 310 g/mol. The van der Waals surface area contributed by atoms with Gasteiger partial charge in [-0.05, 0) is 5.92 Å². The lowest BCUT2D eigenvalue weighted by molar-refractivity contribution is -0.157. The summed E-state index contributed by atoms with van der Waals surface area (Å²) in [6, 6.07) is -1.13. The van der Waals surface area contributed by atoms with Crippen LogP contribution in [0.4, 0.5) is 13.2 Å². The van der Waals surface area contributed by atoms with Gasteiger partial charge in [0.2, 0.25) is 11.8 Å². The summed E-state index contributed by atoms with van der Waals surface area (Å²) in [7, 11) is 0. The van der Waals surface area contributed by atoms with Gasteiger partial charge in [-0.2, -0.15) is 13.2 Å². The molecule has 0 radical (unpaired) electrons. The SMILES string of the molecule is CC(C)C(NC(=O)C1CC(=O)N(CC(F)(F)F)C1)C(=O)O. The number of nitrogens with one attached hydrogen (secondary N) is 1. The van der Waals surface area contributed by atoms with Gasteiger partial charge in [0.15, 0.2) is 0 Å². The van der Waals surface area contributed by atoms with Crippen LogP contribution >= 0.6 is 0 Å². The molecule has 0 spiro atoms. The van der Waals surface area contributed by atoms with Crippen molar-refractivity contribution < 1.29 is 32.7 Å². The third-order valence-electron chi connectivity index (χ3n) is 3.19. The summed E-state index contributed by atoms with van der Waals surface area (Å²) < 4.78 is 36.8. The zero-order valence-corrected chi connectivity index (χ0v) is 11.6. The minimum Gasteiger partial charge on any atom is -0.480 e. The average molecular weight is 310 g/mol. The molecule has 0 saturated carbocycles. The number of hydrogen-bond acceptors (Lipinski definition) is 3. The Morgan fingerprint density at radius 2 is 2.00 bits per heavy atom. The third-order valence-corrected chi connectivity index (χ3v) is 3.19. The molecule has 120 valence electrons. The number of carbonyl (C=O) groups is 3. The molecule has 2 unspecified atom stereocenters. The molecule has 1 fully saturated rings. The first-order valence-electron chi connectivity index (χ1n) is 6.39. The molecule has 0 aromatic rings. The maximum atomic E-state index is 12.3. The maximum Gasteiger partial charge on any atom is 0.406 e. The zero-order chi connectivity index (χ0) is 16.4. The van der Waals surface area contributed by atoms with Crippen molar-refractivity contribution in [2.45, 2.75) is 32.5 Å². The highest BCUT2D eigenvalue weighted by atomic mass is 19.4. The number of carbonyl (C=O) groups excluding carboxylic acids is 2. The molecule has 1 aliphatic heterocycles. The fourth-order valence-electron chi connectivity index (χ4n) is 2.10. The summed E-state index contributed by atoms with van der Waals surface area (Å²) in [6.07, 6.45) is -4.87. The summed E-state index contributed by atoms with van der Waals surface area (Å²) in [5, 5.41) is 11.2. The number of carboxylic acids is 1. The molecule has 1 aliphatic rings. The molecule has 21 heavy (non-hydrogen) atoms. The number of nitrogens with zero attached hydrogens (tertiary/aromatic N) is 1. The van der Waals surface area contributed by atoms with Crippen LogP contribution in [0.3, 0.4) is 0 Å². The van der Waals surface area contributed by atoms with Gasteiger partial charge < -0.3 is 15.3 Å². The Labute approximate surface area is 119 Å². The van der Waals surface area contributed by atoms with Crippen molar-refractivity contribution in [2.24, 2.45) is 11.8 Å². The van der Waals surface area contributed by atoms with Gasteiger partial charge >= 0.3 is 12.1 Å². The second-order valence-electron chi connectivity index (χ2n) is 5.36. The standard InChI is InChI=1S/C12H17F3N2O4/c1-6(2)9(11(20)21)16-10(19)7-3-8(18)17(4-7)5-12(13,14)15/h6-7,9H,3-5H2,1-2H3,(H,16,19)(H,20,21). The van der Waals surface area contributed by atoms with E-state index >= 15 is 0 Å². The van der Waals surface area contributed by atoms with Crippen molar-refractivity contribution in [3.63, 3.8) is 0 Å². The van der Waals surface area contributed by atoms with Crippen LogP contribution in [0.1, 0.15) is 20.3 Å². The van der Waals surface area contributed by atoms with Crippen molar-refractivity contribution in [1.82, 2.24) is 10.2 Å². The molecular weight excluding hydrogens is 293 g/mol. The first-order chi connectivity index (χ1) is 9.51. The highest BCUT2D eigenvalue weighted by molar-refractivity contribution is 5.91. The third kappa shape index (κ3) is 4.91. The molecule has 1 saturated heterocycles. The number of amides is 2. The summed E-state index contributed by atoms with van der Waals surface area (Å²) in [6.45, 7) is 1.43. The molecule has 0 aromatic carbocycles. The molecule has 2 N–H and O–H groups in total. The fourth-order valence-corrected chi connectivity index (χ4v) is 2.10. The predicted octanol–water partition coefficient (Wildman–Crippen LogP) is 0.623. The molecule has 6 nitrogen and oxygen atoms in total. The van der Waals surface area contributed by atoms with Gasteiger partial charge in [-0.1, -0.05) is 13.8 Å². The Hall–Kier alpha value is -1.80. The van der Waals surface area contributed by atoms with Gasteiger partial charge in [-0.15, -0.1) is 0 Å². The summed E-state index contributed by atoms with van der Waals surface area (Å²) in [4.78, 5) is 34.9. The van der Waals surface area contributed by atoms with E-state index in [1.165, 1.54) is 0 Å². The number of likely N-dealkylation sites (tertiary alicyclic amines) is 1. The predicted molar refractivity (Wildman–Crippen MR) is 65.1 cm³/mol. The van der Waals surface area contributed by atoms with Crippen LogP contribution in [0.2, 0.25) is 0 Å². The lowest BCUT2D eigenvalue weighted by atomic mass is 10.0. The van der Waals surface area contributed by atoms with Gasteiger partial charge in [0.1, 0.15) is 12.6 Å². The first kappa shape index (κ1) is 17.3. The first-order valence-corrected chi connectivity index (χ1v) is 6.39. The van der Waals surface area contributed by atoms with Gasteiger partial charge in [0.25, 0.3) is 0 Å². The number of rotatable bonds is 5. The minimum atomic E-state index is -4.53. The van der Waals surface area contributed by atoms with E-state index < -0.39 is 42.5 Å². The quantitative estimate of drug-likeness (QED) is 0.779. The van der Waals surface area contributed by atoms with Crippen LogP contribution in [0, 0.1) is 11.8 Å². The van der Waals surface area contributed by atoms with Crippen molar-refractivity contribution >= 4 is 17.8 Å². The molecule has 0 bridgehead atoms. The van der Waals surface area contributed by atoms with Crippen LogP contribution in [0.5, 0.6) is 0 Å². The second-order valence-corrected chi connectivity index (χ2v) is 5.36. The van der Waals surface area contributed by atoms with Crippen LogP contribution in [-0.2, 0) is 14.4 Å². The number of hydrogen-bond donors (Lipinski definition) is 2. The van der Waals surface area contributed by atoms with E-state index in [-0.39, 0.29) is 18.9 Å². The Bertz CT molecular complexity index is 437. The molecule has 9 heteroatoms. The van der Waals surface area contributed by atoms with Crippen molar-refractivity contribution in [3.8, 4) is 0 Å². The molecule has 1 rings (SSSR count). The number of carboxylic acid groups (broad SMARTS) is 1. The number of halogens is 3. The topological polar surface area (TPSA) is 86.7 Å². The van der Waals surface area contributed by atoms with E-state index in [1.807, 2.05) is 0 Å². The van der Waals surface area contributed by atoms with Gasteiger partial charge in [-0.25, -0.2) is 4.79 Å². The van der Waals surface area contributed by atoms with E-state index in [0.717, 1.165) is 0 Å². The van der Waals surface area contributed by atoms with Crippen molar-refractivity contribution in [2.75, 3.05) is 13.1 Å².